The van der Waals surface area contributed by atoms with Crippen molar-refractivity contribution >= 4 is 52.6 Å². The Kier molecular flexibility index (Phi) is 11.1. The summed E-state index contributed by atoms with van der Waals surface area (Å²) in [5.74, 6) is -4.73. The minimum Gasteiger partial charge on any atom is -0.480 e. The van der Waals surface area contributed by atoms with Crippen molar-refractivity contribution in [3.63, 3.8) is 0 Å². The third-order valence-electron chi connectivity index (χ3n) is 9.24. The lowest BCUT2D eigenvalue weighted by Crippen LogP contribution is -2.61. The van der Waals surface area contributed by atoms with Crippen LogP contribution in [0.1, 0.15) is 44.0 Å². The number of amides is 3. The van der Waals surface area contributed by atoms with Gasteiger partial charge in [0.1, 0.15) is 17.7 Å². The number of aliphatic carboxylic acids is 1. The summed E-state index contributed by atoms with van der Waals surface area (Å²) in [6, 6.07) is 7.76. The number of nitriles is 1. The molecule has 2 aliphatic rings. The van der Waals surface area contributed by atoms with Crippen LogP contribution in [0.15, 0.2) is 48.9 Å². The summed E-state index contributed by atoms with van der Waals surface area (Å²) >= 11 is 6.60. The Labute approximate surface area is 319 Å². The van der Waals surface area contributed by atoms with Crippen molar-refractivity contribution in [2.75, 3.05) is 44.6 Å². The lowest BCUT2D eigenvalue weighted by Gasteiger charge is -2.41. The number of piperazine rings is 1. The second-order valence-electron chi connectivity index (χ2n) is 14.0. The van der Waals surface area contributed by atoms with Gasteiger partial charge >= 0.3 is 12.1 Å². The van der Waals surface area contributed by atoms with Gasteiger partial charge in [0.25, 0.3) is 5.91 Å². The minimum absolute atomic E-state index is 0.0180. The summed E-state index contributed by atoms with van der Waals surface area (Å²) in [5.41, 5.74) is 0.349. The zero-order valence-electron chi connectivity index (χ0n) is 30.1. The van der Waals surface area contributed by atoms with E-state index in [4.69, 9.17) is 26.3 Å². The third-order valence-corrected chi connectivity index (χ3v) is 9.55. The van der Waals surface area contributed by atoms with Crippen LogP contribution in [0.3, 0.4) is 0 Å². The number of hydrogen-bond acceptors (Lipinski definition) is 10. The zero-order valence-corrected chi connectivity index (χ0v) is 30.8. The number of anilines is 2. The van der Waals surface area contributed by atoms with Crippen molar-refractivity contribution in [1.29, 1.82) is 5.26 Å². The van der Waals surface area contributed by atoms with Gasteiger partial charge in [0.2, 0.25) is 11.7 Å². The normalized spacial score (nSPS) is 16.5. The van der Waals surface area contributed by atoms with Crippen molar-refractivity contribution in [3.8, 4) is 23.1 Å². The standard InChI is InChI=1S/C37H37ClF2N8O7/c1-37(2,3)55-36(53)48-16-15-46(20-27(48)35(51)52)33(49)21-8-12-45(13-9-21)34(50)23-5-4-22(18-25(23)38)44-31-32-43-19-26(47(32)14-11-42-31)24-6-7-28(54-17-10-41)30(40)29(24)39/h4-7,11,14,18-19,21,27H,8-9,12-13,15-17,20H2,1-3H3,(H,42,44)(H,51,52)/t27-/m0/s1. The molecule has 0 radical (unpaired) electrons. The Balaban J connectivity index is 1.08. The van der Waals surface area contributed by atoms with Gasteiger partial charge in [-0.15, -0.1) is 0 Å². The van der Waals surface area contributed by atoms with E-state index in [0.717, 1.165) is 4.90 Å². The first-order chi connectivity index (χ1) is 26.2. The van der Waals surface area contributed by atoms with Crippen LogP contribution in [0.4, 0.5) is 25.1 Å². The molecule has 4 heterocycles. The first-order valence-electron chi connectivity index (χ1n) is 17.3. The monoisotopic (exact) mass is 778 g/mol. The summed E-state index contributed by atoms with van der Waals surface area (Å²) in [5, 5.41) is 21.8. The smallest absolute Gasteiger partial charge is 0.411 e. The summed E-state index contributed by atoms with van der Waals surface area (Å²) in [6.07, 6.45) is 4.32. The average Bonchev–Trinajstić information content (AvgIpc) is 3.59. The summed E-state index contributed by atoms with van der Waals surface area (Å²) in [7, 11) is 0. The van der Waals surface area contributed by atoms with Gasteiger partial charge in [0.05, 0.1) is 29.0 Å². The van der Waals surface area contributed by atoms with E-state index in [-0.39, 0.29) is 77.9 Å². The van der Waals surface area contributed by atoms with E-state index >= 15 is 4.39 Å². The molecule has 15 nitrogen and oxygen atoms in total. The number of carbonyl (C=O) groups excluding carboxylic acids is 3. The number of fused-ring (bicyclic) bond motifs is 1. The van der Waals surface area contributed by atoms with Crippen molar-refractivity contribution in [2.24, 2.45) is 5.92 Å². The number of ether oxygens (including phenoxy) is 2. The number of nitrogens with zero attached hydrogens (tertiary/aromatic N) is 7. The summed E-state index contributed by atoms with van der Waals surface area (Å²) in [6.45, 7) is 5.20. The number of rotatable bonds is 8. The molecule has 4 aromatic rings. The van der Waals surface area contributed by atoms with Gasteiger partial charge in [-0.05, 0) is 63.9 Å². The number of halogens is 3. The molecule has 0 spiro atoms. The number of piperidine rings is 1. The highest BCUT2D eigenvalue weighted by atomic mass is 35.5. The number of benzene rings is 2. The van der Waals surface area contributed by atoms with E-state index in [0.29, 0.717) is 24.2 Å². The molecule has 6 rings (SSSR count). The largest absolute Gasteiger partial charge is 0.480 e. The fourth-order valence-corrected chi connectivity index (χ4v) is 6.81. The predicted octanol–water partition coefficient (Wildman–Crippen LogP) is 5.36. The first-order valence-corrected chi connectivity index (χ1v) is 17.7. The topological polar surface area (TPSA) is 183 Å². The molecule has 3 amide bonds. The second kappa shape index (κ2) is 15.8. The zero-order chi connectivity index (χ0) is 39.6. The number of hydrogen-bond donors (Lipinski definition) is 2. The Morgan fingerprint density at radius 2 is 1.78 bits per heavy atom. The molecule has 55 heavy (non-hydrogen) atoms. The number of likely N-dealkylation sites (tertiary alicyclic amines) is 1. The molecule has 288 valence electrons. The van der Waals surface area contributed by atoms with Crippen molar-refractivity contribution in [2.45, 2.75) is 45.3 Å². The van der Waals surface area contributed by atoms with E-state index in [9.17, 15) is 28.7 Å². The van der Waals surface area contributed by atoms with Crippen LogP contribution in [0.2, 0.25) is 5.02 Å². The van der Waals surface area contributed by atoms with E-state index in [1.807, 2.05) is 0 Å². The number of aromatic nitrogens is 3. The maximum absolute atomic E-state index is 15.0. The van der Waals surface area contributed by atoms with Crippen LogP contribution in [0.25, 0.3) is 16.9 Å². The summed E-state index contributed by atoms with van der Waals surface area (Å²) in [4.78, 5) is 64.6. The Bertz CT molecular complexity index is 2200. The number of carbonyl (C=O) groups is 4. The Morgan fingerprint density at radius 1 is 1.04 bits per heavy atom. The van der Waals surface area contributed by atoms with Crippen LogP contribution in [0, 0.1) is 28.9 Å². The molecule has 1 atom stereocenters. The molecule has 18 heteroatoms. The van der Waals surface area contributed by atoms with Crippen molar-refractivity contribution in [1.82, 2.24) is 29.1 Å². The molecule has 0 aliphatic carbocycles. The quantitative estimate of drug-likeness (QED) is 0.235. The Hall–Kier alpha value is -6.02. The average molecular weight is 779 g/mol. The number of nitrogens with one attached hydrogen (secondary N) is 1. The number of carboxylic acid groups (broad SMARTS) is 1. The SMILES string of the molecule is CC(C)(C)OC(=O)N1CCN(C(=O)C2CCN(C(=O)c3ccc(Nc4nccn5c(-c6ccc(OCC#N)c(F)c6F)cnc45)cc3Cl)CC2)C[C@H]1C(=O)O. The molecular weight excluding hydrogens is 742 g/mol. The molecule has 2 aliphatic heterocycles. The Morgan fingerprint density at radius 3 is 2.45 bits per heavy atom. The molecule has 0 saturated carbocycles. The highest BCUT2D eigenvalue weighted by Gasteiger charge is 2.41. The molecule has 2 N–H and O–H groups in total. The second-order valence-corrected chi connectivity index (χ2v) is 14.4. The molecular formula is C37H37ClF2N8O7. The van der Waals surface area contributed by atoms with Crippen LogP contribution in [-0.2, 0) is 14.3 Å². The molecule has 0 unspecified atom stereocenters. The van der Waals surface area contributed by atoms with Gasteiger partial charge in [-0.1, -0.05) is 11.6 Å². The van der Waals surface area contributed by atoms with E-state index in [1.54, 1.807) is 49.9 Å². The molecule has 2 aromatic carbocycles. The minimum atomic E-state index is -1.24. The molecule has 2 saturated heterocycles. The first kappa shape index (κ1) is 38.7. The van der Waals surface area contributed by atoms with E-state index < -0.39 is 47.9 Å². The van der Waals surface area contributed by atoms with Gasteiger partial charge in [-0.2, -0.15) is 9.65 Å². The van der Waals surface area contributed by atoms with Gasteiger partial charge in [-0.25, -0.2) is 23.9 Å². The van der Waals surface area contributed by atoms with Crippen LogP contribution < -0.4 is 10.1 Å². The van der Waals surface area contributed by atoms with Gasteiger partial charge in [-0.3, -0.25) is 18.9 Å². The van der Waals surface area contributed by atoms with Crippen molar-refractivity contribution in [3.05, 3.63) is 71.1 Å². The predicted molar refractivity (Wildman–Crippen MR) is 194 cm³/mol. The van der Waals surface area contributed by atoms with E-state index in [2.05, 4.69) is 15.3 Å². The maximum atomic E-state index is 15.0. The highest BCUT2D eigenvalue weighted by molar-refractivity contribution is 6.34. The van der Waals surface area contributed by atoms with Crippen molar-refractivity contribution < 1.29 is 42.5 Å². The molecule has 0 bridgehead atoms. The highest BCUT2D eigenvalue weighted by Crippen LogP contribution is 2.33. The van der Waals surface area contributed by atoms with Gasteiger partial charge in [0, 0.05) is 55.7 Å². The number of imidazole rings is 1. The van der Waals surface area contributed by atoms with Crippen LogP contribution in [0.5, 0.6) is 5.75 Å². The van der Waals surface area contributed by atoms with Crippen LogP contribution >= 0.6 is 11.6 Å². The fourth-order valence-electron chi connectivity index (χ4n) is 6.55. The maximum Gasteiger partial charge on any atom is 0.411 e. The third kappa shape index (κ3) is 8.24. The fraction of sp³-hybridized carbons (Fsp3) is 0.378. The lowest BCUT2D eigenvalue weighted by atomic mass is 9.94. The summed E-state index contributed by atoms with van der Waals surface area (Å²) < 4.78 is 41.5. The van der Waals surface area contributed by atoms with Gasteiger partial charge < -0.3 is 29.7 Å². The van der Waals surface area contributed by atoms with E-state index in [1.165, 1.54) is 40.0 Å². The molecule has 2 fully saturated rings. The molecule has 2 aromatic heterocycles. The number of carboxylic acids is 1. The van der Waals surface area contributed by atoms with Gasteiger partial charge in [0.15, 0.2) is 29.6 Å². The van der Waals surface area contributed by atoms with Crippen LogP contribution in [-0.4, -0.2) is 109 Å². The lowest BCUT2D eigenvalue weighted by molar-refractivity contribution is -0.150.